The molecule has 0 aromatic heterocycles. The summed E-state index contributed by atoms with van der Waals surface area (Å²) < 4.78 is 50.5. The van der Waals surface area contributed by atoms with Crippen molar-refractivity contribution in [3.8, 4) is 0 Å². The minimum Gasteiger partial charge on any atom is -0.478 e. The van der Waals surface area contributed by atoms with Gasteiger partial charge >= 0.3 is 5.97 Å². The molecule has 0 spiro atoms. The van der Waals surface area contributed by atoms with Gasteiger partial charge in [0.15, 0.2) is 22.8 Å². The second-order valence-corrected chi connectivity index (χ2v) is 13.6. The quantitative estimate of drug-likeness (QED) is 0.434. The first-order chi connectivity index (χ1) is 18.6. The number of hydrogen-bond donors (Lipinski definition) is 3. The number of alkyl halides is 1. The van der Waals surface area contributed by atoms with Gasteiger partial charge in [0.25, 0.3) is 10.1 Å². The van der Waals surface area contributed by atoms with E-state index in [4.69, 9.17) is 4.18 Å². The Morgan fingerprint density at radius 2 is 1.90 bits per heavy atom. The molecular weight excluding hydrogens is 543 g/mol. The number of Topliss-reactive ketones (excluding diaryl/α,β-unsaturated/α-hetero) is 1. The molecule has 216 valence electrons. The fourth-order valence-corrected chi connectivity index (χ4v) is 9.88. The molecule has 1 aromatic rings. The van der Waals surface area contributed by atoms with Gasteiger partial charge in [-0.2, -0.15) is 8.42 Å². The van der Waals surface area contributed by atoms with Crippen molar-refractivity contribution in [2.75, 3.05) is 6.61 Å². The Morgan fingerprint density at radius 3 is 2.55 bits per heavy atom. The van der Waals surface area contributed by atoms with Gasteiger partial charge in [0.05, 0.1) is 16.6 Å². The lowest BCUT2D eigenvalue weighted by Gasteiger charge is -2.62. The Kier molecular flexibility index (Phi) is 6.58. The van der Waals surface area contributed by atoms with Crippen molar-refractivity contribution >= 4 is 27.7 Å². The number of rotatable bonds is 6. The van der Waals surface area contributed by atoms with Gasteiger partial charge in [0.2, 0.25) is 0 Å². The fraction of sp³-hybridized carbons (Fsp3) is 0.552. The van der Waals surface area contributed by atoms with Crippen LogP contribution < -0.4 is 0 Å². The lowest BCUT2D eigenvalue weighted by molar-refractivity contribution is -0.214. The van der Waals surface area contributed by atoms with Crippen LogP contribution in [0.3, 0.4) is 0 Å². The Bertz CT molecular complexity index is 1470. The van der Waals surface area contributed by atoms with E-state index in [0.717, 1.165) is 12.1 Å². The van der Waals surface area contributed by atoms with E-state index in [2.05, 4.69) is 0 Å². The first kappa shape index (κ1) is 28.8. The zero-order valence-corrected chi connectivity index (χ0v) is 23.3. The van der Waals surface area contributed by atoms with Crippen LogP contribution in [0.4, 0.5) is 4.39 Å². The zero-order chi connectivity index (χ0) is 29.5. The maximum atomic E-state index is 17.4. The summed E-state index contributed by atoms with van der Waals surface area (Å²) in [7, 11) is -4.76. The van der Waals surface area contributed by atoms with Crippen LogP contribution in [0.25, 0.3) is 0 Å². The van der Waals surface area contributed by atoms with E-state index < -0.39 is 79.3 Å². The van der Waals surface area contributed by atoms with Crippen LogP contribution >= 0.6 is 0 Å². The Morgan fingerprint density at radius 1 is 1.20 bits per heavy atom. The monoisotopic (exact) mass is 576 g/mol. The molecule has 5 rings (SSSR count). The standard InChI is InChI=1S/C29H33FO9S/c1-16-11-22-21-8-7-18-13-19(32)9-10-26(18,2)28(21,30)23(33)14-27(22,3)29(16,24(34)15-31)39-40(37,38)20-6-4-5-17(12-20)25(35)36/h4-6,9-10,12-13,16,21-23,31,33H,7-8,11,14-15H2,1-3H3,(H,35,36)/t16-,21?,22?,23+,26+,27+,28+,29+/m1/s1. The SMILES string of the molecule is C[C@@H]1CC2C3CCC4=CC(=O)C=C[C@]4(C)[C@@]3(F)[C@@H](O)C[C@]2(C)[C@@]1(OS(=O)(=O)c1cccc(C(=O)O)c1)C(=O)CO. The normalized spacial score (nSPS) is 40.5. The number of ketones is 2. The molecule has 40 heavy (non-hydrogen) atoms. The van der Waals surface area contributed by atoms with E-state index in [1.54, 1.807) is 20.8 Å². The van der Waals surface area contributed by atoms with Gasteiger partial charge in [-0.3, -0.25) is 13.8 Å². The summed E-state index contributed by atoms with van der Waals surface area (Å²) in [6, 6.07) is 4.51. The number of aromatic carboxylic acids is 1. The molecule has 9 nitrogen and oxygen atoms in total. The van der Waals surface area contributed by atoms with E-state index in [-0.39, 0.29) is 30.6 Å². The molecule has 11 heteroatoms. The third kappa shape index (κ3) is 3.60. The number of carboxylic acid groups (broad SMARTS) is 1. The molecule has 4 aliphatic rings. The number of carbonyl (C=O) groups excluding carboxylic acids is 2. The molecular formula is C29H33FO9S. The van der Waals surface area contributed by atoms with Gasteiger partial charge in [-0.05, 0) is 74.8 Å². The summed E-state index contributed by atoms with van der Waals surface area (Å²) >= 11 is 0. The lowest BCUT2D eigenvalue weighted by Crippen LogP contribution is -2.70. The molecule has 8 atom stereocenters. The average Bonchev–Trinajstić information content (AvgIpc) is 3.11. The molecule has 0 heterocycles. The maximum absolute atomic E-state index is 17.4. The summed E-state index contributed by atoms with van der Waals surface area (Å²) in [6.07, 6.45) is 3.07. The van der Waals surface area contributed by atoms with Gasteiger partial charge in [-0.25, -0.2) is 9.18 Å². The minimum absolute atomic E-state index is 0.188. The van der Waals surface area contributed by atoms with Crippen molar-refractivity contribution in [3.05, 3.63) is 53.6 Å². The fourth-order valence-electron chi connectivity index (χ4n) is 8.47. The Balaban J connectivity index is 1.63. The topological polar surface area (TPSA) is 155 Å². The highest BCUT2D eigenvalue weighted by atomic mass is 32.2. The third-order valence-electron chi connectivity index (χ3n) is 10.3. The first-order valence-corrected chi connectivity index (χ1v) is 14.7. The Hall–Kier alpha value is -2.73. The van der Waals surface area contributed by atoms with E-state index in [1.807, 2.05) is 0 Å². The number of benzene rings is 1. The number of aliphatic hydroxyl groups is 2. The van der Waals surface area contributed by atoms with Crippen molar-refractivity contribution in [1.82, 2.24) is 0 Å². The van der Waals surface area contributed by atoms with Gasteiger partial charge in [0, 0.05) is 16.7 Å². The highest BCUT2D eigenvalue weighted by Gasteiger charge is 2.77. The number of carboxylic acids is 1. The van der Waals surface area contributed by atoms with Crippen LogP contribution in [-0.4, -0.2) is 65.3 Å². The van der Waals surface area contributed by atoms with Gasteiger partial charge in [-0.15, -0.1) is 0 Å². The van der Waals surface area contributed by atoms with Crippen LogP contribution in [0, 0.1) is 28.6 Å². The summed E-state index contributed by atoms with van der Waals surface area (Å²) in [5, 5.41) is 31.0. The minimum atomic E-state index is -4.76. The third-order valence-corrected chi connectivity index (χ3v) is 11.7. The zero-order valence-electron chi connectivity index (χ0n) is 22.5. The summed E-state index contributed by atoms with van der Waals surface area (Å²) in [4.78, 5) is 36.6. The van der Waals surface area contributed by atoms with Gasteiger partial charge in [-0.1, -0.05) is 31.6 Å². The first-order valence-electron chi connectivity index (χ1n) is 13.3. The predicted molar refractivity (Wildman–Crippen MR) is 139 cm³/mol. The summed E-state index contributed by atoms with van der Waals surface area (Å²) in [5.41, 5.74) is -6.75. The van der Waals surface area contributed by atoms with E-state index in [9.17, 15) is 38.1 Å². The van der Waals surface area contributed by atoms with E-state index in [1.165, 1.54) is 30.4 Å². The van der Waals surface area contributed by atoms with Crippen molar-refractivity contribution in [2.45, 2.75) is 68.7 Å². The van der Waals surface area contributed by atoms with Crippen molar-refractivity contribution in [3.63, 3.8) is 0 Å². The van der Waals surface area contributed by atoms with Crippen molar-refractivity contribution in [2.24, 2.45) is 28.6 Å². The second kappa shape index (κ2) is 9.14. The molecule has 3 fully saturated rings. The maximum Gasteiger partial charge on any atom is 0.335 e. The van der Waals surface area contributed by atoms with Gasteiger partial charge in [0.1, 0.15) is 6.61 Å². The molecule has 0 bridgehead atoms. The highest BCUT2D eigenvalue weighted by Crippen LogP contribution is 2.71. The van der Waals surface area contributed by atoms with Crippen LogP contribution in [-0.2, 0) is 23.9 Å². The number of halogens is 1. The average molecular weight is 577 g/mol. The number of allylic oxidation sites excluding steroid dienone is 4. The summed E-state index contributed by atoms with van der Waals surface area (Å²) in [6.45, 7) is 3.82. The van der Waals surface area contributed by atoms with Crippen LogP contribution in [0.5, 0.6) is 0 Å². The van der Waals surface area contributed by atoms with Crippen LogP contribution in [0.15, 0.2) is 53.0 Å². The number of hydrogen-bond acceptors (Lipinski definition) is 8. The summed E-state index contributed by atoms with van der Waals surface area (Å²) in [5.74, 6) is -4.74. The Labute approximate surface area is 231 Å². The van der Waals surface area contributed by atoms with E-state index in [0.29, 0.717) is 12.0 Å². The van der Waals surface area contributed by atoms with Crippen molar-refractivity contribution in [1.29, 1.82) is 0 Å². The molecule has 1 aromatic carbocycles. The number of fused-ring (bicyclic) bond motifs is 5. The van der Waals surface area contributed by atoms with Gasteiger partial charge < -0.3 is 15.3 Å². The number of carbonyl (C=O) groups is 3. The largest absolute Gasteiger partial charge is 0.478 e. The predicted octanol–water partition coefficient (Wildman–Crippen LogP) is 3.01. The second-order valence-electron chi connectivity index (χ2n) is 12.1. The highest BCUT2D eigenvalue weighted by molar-refractivity contribution is 7.86. The van der Waals surface area contributed by atoms with Crippen LogP contribution in [0.2, 0.25) is 0 Å². The molecule has 0 saturated heterocycles. The smallest absolute Gasteiger partial charge is 0.335 e. The number of aliphatic hydroxyl groups excluding tert-OH is 2. The molecule has 0 amide bonds. The molecule has 4 aliphatic carbocycles. The molecule has 0 aliphatic heterocycles. The lowest BCUT2D eigenvalue weighted by atomic mass is 9.44. The molecule has 2 unspecified atom stereocenters. The molecule has 3 saturated carbocycles. The molecule has 0 radical (unpaired) electrons. The van der Waals surface area contributed by atoms with Crippen molar-refractivity contribution < 1.29 is 46.7 Å². The molecule has 3 N–H and O–H groups in total. The van der Waals surface area contributed by atoms with E-state index >= 15 is 4.39 Å². The van der Waals surface area contributed by atoms with Crippen LogP contribution in [0.1, 0.15) is 56.8 Å².